The summed E-state index contributed by atoms with van der Waals surface area (Å²) < 4.78 is 6.79. The Morgan fingerprint density at radius 3 is 2.52 bits per heavy atom. The Hall–Kier alpha value is -2.34. The fourth-order valence-corrected chi connectivity index (χ4v) is 2.08. The molecular weight excluding hydrogens is 292 g/mol. The molecule has 0 radical (unpaired) electrons. The van der Waals surface area contributed by atoms with Crippen molar-refractivity contribution in [2.75, 3.05) is 13.7 Å². The minimum Gasteiger partial charge on any atom is -0.497 e. The molecule has 1 aromatic heterocycles. The zero-order valence-electron chi connectivity index (χ0n) is 14.0. The maximum Gasteiger partial charge on any atom is 0.272 e. The van der Waals surface area contributed by atoms with Crippen LogP contribution in [0, 0.1) is 5.92 Å². The SMILES string of the molecule is COc1ccc(-n2ccc(C(=O)NC(C)(CN)C(C)C)n2)cc1. The van der Waals surface area contributed by atoms with Crippen molar-refractivity contribution in [3.63, 3.8) is 0 Å². The molecule has 1 atom stereocenters. The molecule has 0 bridgehead atoms. The summed E-state index contributed by atoms with van der Waals surface area (Å²) in [6, 6.07) is 9.15. The van der Waals surface area contributed by atoms with Crippen LogP contribution in [0.2, 0.25) is 0 Å². The van der Waals surface area contributed by atoms with E-state index in [0.717, 1.165) is 11.4 Å². The van der Waals surface area contributed by atoms with Crippen molar-refractivity contribution in [1.29, 1.82) is 0 Å². The molecule has 124 valence electrons. The second-order valence-corrected chi connectivity index (χ2v) is 6.07. The number of hydrogen-bond acceptors (Lipinski definition) is 4. The van der Waals surface area contributed by atoms with Crippen molar-refractivity contribution in [2.45, 2.75) is 26.3 Å². The highest BCUT2D eigenvalue weighted by atomic mass is 16.5. The first-order chi connectivity index (χ1) is 10.9. The fraction of sp³-hybridized carbons (Fsp3) is 0.412. The van der Waals surface area contributed by atoms with E-state index in [1.165, 1.54) is 0 Å². The molecule has 0 saturated carbocycles. The van der Waals surface area contributed by atoms with Gasteiger partial charge in [0.05, 0.1) is 18.3 Å². The summed E-state index contributed by atoms with van der Waals surface area (Å²) in [4.78, 5) is 12.4. The molecule has 0 aliphatic heterocycles. The average molecular weight is 316 g/mol. The van der Waals surface area contributed by atoms with E-state index in [-0.39, 0.29) is 11.8 Å². The fourth-order valence-electron chi connectivity index (χ4n) is 2.08. The van der Waals surface area contributed by atoms with Crippen LogP contribution in [0.3, 0.4) is 0 Å². The standard InChI is InChI=1S/C17H24N4O2/c1-12(2)17(3,11-18)19-16(22)15-9-10-21(20-15)13-5-7-14(23-4)8-6-13/h5-10,12H,11,18H2,1-4H3,(H,19,22). The van der Waals surface area contributed by atoms with Gasteiger partial charge in [0.25, 0.3) is 5.91 Å². The van der Waals surface area contributed by atoms with Gasteiger partial charge in [-0.2, -0.15) is 5.10 Å². The number of amides is 1. The number of rotatable bonds is 6. The van der Waals surface area contributed by atoms with Gasteiger partial charge in [-0.25, -0.2) is 4.68 Å². The molecule has 0 fully saturated rings. The maximum absolute atomic E-state index is 12.4. The highest BCUT2D eigenvalue weighted by molar-refractivity contribution is 5.92. The number of ether oxygens (including phenoxy) is 1. The predicted molar refractivity (Wildman–Crippen MR) is 89.9 cm³/mol. The highest BCUT2D eigenvalue weighted by Gasteiger charge is 2.29. The van der Waals surface area contributed by atoms with E-state index in [4.69, 9.17) is 10.5 Å². The summed E-state index contributed by atoms with van der Waals surface area (Å²) in [5, 5.41) is 7.32. The van der Waals surface area contributed by atoms with Gasteiger partial charge in [-0.05, 0) is 43.2 Å². The van der Waals surface area contributed by atoms with Gasteiger partial charge in [-0.3, -0.25) is 4.79 Å². The third-order valence-electron chi connectivity index (χ3n) is 4.26. The van der Waals surface area contributed by atoms with Gasteiger partial charge in [-0.15, -0.1) is 0 Å². The lowest BCUT2D eigenvalue weighted by Gasteiger charge is -2.33. The molecule has 6 heteroatoms. The molecule has 3 N–H and O–H groups in total. The van der Waals surface area contributed by atoms with Crippen molar-refractivity contribution in [3.05, 3.63) is 42.2 Å². The predicted octanol–water partition coefficient (Wildman–Crippen LogP) is 1.98. The normalized spacial score (nSPS) is 13.7. The molecule has 1 heterocycles. The van der Waals surface area contributed by atoms with E-state index in [2.05, 4.69) is 10.4 Å². The number of nitrogens with zero attached hydrogens (tertiary/aromatic N) is 2. The van der Waals surface area contributed by atoms with E-state index in [0.29, 0.717) is 12.2 Å². The molecule has 1 aromatic carbocycles. The van der Waals surface area contributed by atoms with Crippen LogP contribution in [-0.2, 0) is 0 Å². The van der Waals surface area contributed by atoms with Crippen LogP contribution in [0.4, 0.5) is 0 Å². The second kappa shape index (κ2) is 6.83. The summed E-state index contributed by atoms with van der Waals surface area (Å²) in [6.45, 7) is 6.37. The smallest absolute Gasteiger partial charge is 0.272 e. The minimum atomic E-state index is -0.457. The van der Waals surface area contributed by atoms with E-state index < -0.39 is 5.54 Å². The van der Waals surface area contributed by atoms with Crippen molar-refractivity contribution in [1.82, 2.24) is 15.1 Å². The third kappa shape index (κ3) is 3.71. The quantitative estimate of drug-likeness (QED) is 0.854. The summed E-state index contributed by atoms with van der Waals surface area (Å²) in [5.41, 5.74) is 6.57. The number of benzene rings is 1. The van der Waals surface area contributed by atoms with Gasteiger partial charge in [0.2, 0.25) is 0 Å². The number of methoxy groups -OCH3 is 1. The lowest BCUT2D eigenvalue weighted by molar-refractivity contribution is 0.0877. The molecule has 0 aliphatic carbocycles. The van der Waals surface area contributed by atoms with Gasteiger partial charge < -0.3 is 15.8 Å². The Bertz CT molecular complexity index is 663. The number of nitrogens with two attached hydrogens (primary N) is 1. The first kappa shape index (κ1) is 17.0. The minimum absolute atomic E-state index is 0.222. The molecule has 0 spiro atoms. The summed E-state index contributed by atoms with van der Waals surface area (Å²) in [5.74, 6) is 0.772. The van der Waals surface area contributed by atoms with Gasteiger partial charge in [0.1, 0.15) is 5.75 Å². The highest BCUT2D eigenvalue weighted by Crippen LogP contribution is 2.17. The van der Waals surface area contributed by atoms with Crippen LogP contribution in [-0.4, -0.2) is 34.9 Å². The van der Waals surface area contributed by atoms with Crippen LogP contribution in [0.5, 0.6) is 5.75 Å². The summed E-state index contributed by atoms with van der Waals surface area (Å²) in [6.07, 6.45) is 1.76. The van der Waals surface area contributed by atoms with Gasteiger partial charge in [0.15, 0.2) is 5.69 Å². The third-order valence-corrected chi connectivity index (χ3v) is 4.26. The van der Waals surface area contributed by atoms with Crippen molar-refractivity contribution >= 4 is 5.91 Å². The van der Waals surface area contributed by atoms with Gasteiger partial charge >= 0.3 is 0 Å². The monoisotopic (exact) mass is 316 g/mol. The van der Waals surface area contributed by atoms with Crippen LogP contribution in [0.1, 0.15) is 31.3 Å². The number of aromatic nitrogens is 2. The average Bonchev–Trinajstić information content (AvgIpc) is 3.04. The number of carbonyl (C=O) groups excluding carboxylic acids is 1. The topological polar surface area (TPSA) is 82.2 Å². The Labute approximate surface area is 136 Å². The molecule has 1 unspecified atom stereocenters. The molecule has 1 amide bonds. The van der Waals surface area contributed by atoms with Crippen molar-refractivity contribution < 1.29 is 9.53 Å². The molecule has 23 heavy (non-hydrogen) atoms. The molecule has 0 saturated heterocycles. The number of carbonyl (C=O) groups is 1. The van der Waals surface area contributed by atoms with Crippen molar-refractivity contribution in [2.24, 2.45) is 11.7 Å². The molecular formula is C17H24N4O2. The zero-order chi connectivity index (χ0) is 17.0. The Morgan fingerprint density at radius 2 is 2.00 bits per heavy atom. The summed E-state index contributed by atoms with van der Waals surface area (Å²) in [7, 11) is 1.62. The Morgan fingerprint density at radius 1 is 1.35 bits per heavy atom. The van der Waals surface area contributed by atoms with Gasteiger partial charge in [-0.1, -0.05) is 13.8 Å². The number of nitrogens with one attached hydrogen (secondary N) is 1. The first-order valence-corrected chi connectivity index (χ1v) is 7.62. The second-order valence-electron chi connectivity index (χ2n) is 6.07. The summed E-state index contributed by atoms with van der Waals surface area (Å²) >= 11 is 0. The van der Waals surface area contributed by atoms with Crippen LogP contribution in [0.25, 0.3) is 5.69 Å². The largest absolute Gasteiger partial charge is 0.497 e. The lowest BCUT2D eigenvalue weighted by Crippen LogP contribution is -2.55. The van der Waals surface area contributed by atoms with E-state index in [1.54, 1.807) is 24.1 Å². The molecule has 0 aliphatic rings. The number of hydrogen-bond donors (Lipinski definition) is 2. The first-order valence-electron chi connectivity index (χ1n) is 7.62. The lowest BCUT2D eigenvalue weighted by atomic mass is 9.88. The van der Waals surface area contributed by atoms with E-state index >= 15 is 0 Å². The molecule has 2 aromatic rings. The molecule has 2 rings (SSSR count). The van der Waals surface area contributed by atoms with E-state index in [1.807, 2.05) is 45.0 Å². The van der Waals surface area contributed by atoms with Crippen LogP contribution < -0.4 is 15.8 Å². The van der Waals surface area contributed by atoms with E-state index in [9.17, 15) is 4.79 Å². The van der Waals surface area contributed by atoms with Crippen LogP contribution in [0.15, 0.2) is 36.5 Å². The maximum atomic E-state index is 12.4. The van der Waals surface area contributed by atoms with Gasteiger partial charge in [0, 0.05) is 12.7 Å². The zero-order valence-corrected chi connectivity index (χ0v) is 14.0. The Balaban J connectivity index is 2.16. The van der Waals surface area contributed by atoms with Crippen LogP contribution >= 0.6 is 0 Å². The molecule has 6 nitrogen and oxygen atoms in total. The Kier molecular flexibility index (Phi) is 5.05. The van der Waals surface area contributed by atoms with Crippen molar-refractivity contribution in [3.8, 4) is 11.4 Å².